The van der Waals surface area contributed by atoms with Crippen LogP contribution in [0.5, 0.6) is 0 Å². The lowest BCUT2D eigenvalue weighted by molar-refractivity contribution is 0.0232. The second-order valence-electron chi connectivity index (χ2n) is 2.49. The zero-order chi connectivity index (χ0) is 6.53. The van der Waals surface area contributed by atoms with Gasteiger partial charge in [0.1, 0.15) is 0 Å². The van der Waals surface area contributed by atoms with Gasteiger partial charge in [0.25, 0.3) is 0 Å². The van der Waals surface area contributed by atoms with Gasteiger partial charge in [-0.15, -0.1) is 0 Å². The van der Waals surface area contributed by atoms with Crippen LogP contribution in [0.3, 0.4) is 0 Å². The van der Waals surface area contributed by atoms with Crippen LogP contribution in [-0.4, -0.2) is 25.8 Å². The second-order valence-corrected chi connectivity index (χ2v) is 2.49. The SMILES string of the molecule is CCCC1CNCCO1.N. The quantitative estimate of drug-likeness (QED) is 0.609. The summed E-state index contributed by atoms with van der Waals surface area (Å²) in [6.45, 7) is 5.16. The molecule has 1 aliphatic rings. The topological polar surface area (TPSA) is 56.3 Å². The van der Waals surface area contributed by atoms with Crippen LogP contribution in [-0.2, 0) is 4.74 Å². The minimum absolute atomic E-state index is 0. The molecule has 0 amide bonds. The summed E-state index contributed by atoms with van der Waals surface area (Å²) in [5, 5.41) is 3.29. The highest BCUT2D eigenvalue weighted by Gasteiger charge is 2.10. The standard InChI is InChI=1S/C7H15NO.H3N/c1-2-3-7-6-8-4-5-9-7;/h7-8H,2-6H2,1H3;1H3. The first-order valence-electron chi connectivity index (χ1n) is 3.76. The number of ether oxygens (including phenoxy) is 1. The molecule has 0 aromatic rings. The summed E-state index contributed by atoms with van der Waals surface area (Å²) in [5.41, 5.74) is 0. The van der Waals surface area contributed by atoms with Crippen molar-refractivity contribution < 1.29 is 4.74 Å². The van der Waals surface area contributed by atoms with Crippen molar-refractivity contribution in [1.29, 1.82) is 0 Å². The van der Waals surface area contributed by atoms with Crippen LogP contribution < -0.4 is 11.5 Å². The highest BCUT2D eigenvalue weighted by molar-refractivity contribution is 4.65. The van der Waals surface area contributed by atoms with Gasteiger partial charge < -0.3 is 16.2 Å². The van der Waals surface area contributed by atoms with E-state index >= 15 is 0 Å². The van der Waals surface area contributed by atoms with Crippen LogP contribution in [0.4, 0.5) is 0 Å². The Bertz CT molecular complexity index is 69.3. The fraction of sp³-hybridized carbons (Fsp3) is 1.00. The van der Waals surface area contributed by atoms with Gasteiger partial charge in [0, 0.05) is 13.1 Å². The van der Waals surface area contributed by atoms with Crippen molar-refractivity contribution in [3.8, 4) is 0 Å². The molecule has 0 bridgehead atoms. The van der Waals surface area contributed by atoms with Gasteiger partial charge in [-0.1, -0.05) is 13.3 Å². The van der Waals surface area contributed by atoms with Crippen molar-refractivity contribution in [2.75, 3.05) is 19.7 Å². The number of hydrogen-bond acceptors (Lipinski definition) is 3. The fourth-order valence-electron chi connectivity index (χ4n) is 1.13. The van der Waals surface area contributed by atoms with E-state index in [9.17, 15) is 0 Å². The van der Waals surface area contributed by atoms with E-state index in [-0.39, 0.29) is 6.15 Å². The fourth-order valence-corrected chi connectivity index (χ4v) is 1.13. The molecule has 3 nitrogen and oxygen atoms in total. The van der Waals surface area contributed by atoms with E-state index in [0.717, 1.165) is 19.7 Å². The molecule has 62 valence electrons. The predicted octanol–water partition coefficient (Wildman–Crippen LogP) is 0.937. The average Bonchev–Trinajstić information content (AvgIpc) is 1.91. The van der Waals surface area contributed by atoms with Crippen molar-refractivity contribution in [3.63, 3.8) is 0 Å². The van der Waals surface area contributed by atoms with Gasteiger partial charge >= 0.3 is 0 Å². The summed E-state index contributed by atoms with van der Waals surface area (Å²) in [6, 6.07) is 0. The van der Waals surface area contributed by atoms with Gasteiger partial charge in [0.05, 0.1) is 12.7 Å². The highest BCUT2D eigenvalue weighted by atomic mass is 16.5. The van der Waals surface area contributed by atoms with Crippen LogP contribution in [0.25, 0.3) is 0 Å². The van der Waals surface area contributed by atoms with Crippen LogP contribution in [0.1, 0.15) is 19.8 Å². The van der Waals surface area contributed by atoms with E-state index in [1.807, 2.05) is 0 Å². The van der Waals surface area contributed by atoms with E-state index in [0.29, 0.717) is 6.10 Å². The van der Waals surface area contributed by atoms with Gasteiger partial charge in [-0.25, -0.2) is 0 Å². The van der Waals surface area contributed by atoms with Crippen LogP contribution in [0.2, 0.25) is 0 Å². The molecule has 0 spiro atoms. The minimum atomic E-state index is 0. The Morgan fingerprint density at radius 2 is 2.40 bits per heavy atom. The molecule has 0 aliphatic carbocycles. The molecule has 1 atom stereocenters. The first-order valence-corrected chi connectivity index (χ1v) is 3.76. The number of hydrogen-bond donors (Lipinski definition) is 2. The molecule has 1 heterocycles. The number of rotatable bonds is 2. The number of nitrogens with one attached hydrogen (secondary N) is 1. The summed E-state index contributed by atoms with van der Waals surface area (Å²) >= 11 is 0. The van der Waals surface area contributed by atoms with E-state index in [4.69, 9.17) is 4.74 Å². The third kappa shape index (κ3) is 3.15. The Hall–Kier alpha value is -0.120. The predicted molar refractivity (Wildman–Crippen MR) is 42.5 cm³/mol. The second kappa shape index (κ2) is 5.65. The van der Waals surface area contributed by atoms with Crippen molar-refractivity contribution >= 4 is 0 Å². The summed E-state index contributed by atoms with van der Waals surface area (Å²) in [7, 11) is 0. The van der Waals surface area contributed by atoms with Crippen LogP contribution >= 0.6 is 0 Å². The summed E-state index contributed by atoms with van der Waals surface area (Å²) in [6.07, 6.45) is 2.92. The molecule has 1 aliphatic heterocycles. The molecule has 1 saturated heterocycles. The van der Waals surface area contributed by atoms with Crippen molar-refractivity contribution in [3.05, 3.63) is 0 Å². The van der Waals surface area contributed by atoms with Crippen LogP contribution in [0, 0.1) is 0 Å². The Labute approximate surface area is 62.7 Å². The largest absolute Gasteiger partial charge is 0.376 e. The molecule has 1 rings (SSSR count). The molecule has 0 aromatic heterocycles. The first kappa shape index (κ1) is 9.88. The molecule has 0 saturated carbocycles. The van der Waals surface area contributed by atoms with E-state index in [1.165, 1.54) is 12.8 Å². The third-order valence-electron chi connectivity index (χ3n) is 1.62. The molecule has 1 unspecified atom stereocenters. The molecule has 0 aromatic carbocycles. The van der Waals surface area contributed by atoms with Gasteiger partial charge in [-0.2, -0.15) is 0 Å². The molecular formula is C7H18N2O. The summed E-state index contributed by atoms with van der Waals surface area (Å²) < 4.78 is 5.46. The molecule has 10 heavy (non-hydrogen) atoms. The maximum absolute atomic E-state index is 5.46. The van der Waals surface area contributed by atoms with Gasteiger partial charge in [0.2, 0.25) is 0 Å². The van der Waals surface area contributed by atoms with E-state index in [1.54, 1.807) is 0 Å². The lowest BCUT2D eigenvalue weighted by Crippen LogP contribution is -2.38. The zero-order valence-corrected chi connectivity index (χ0v) is 6.73. The Morgan fingerprint density at radius 1 is 1.60 bits per heavy atom. The van der Waals surface area contributed by atoms with E-state index in [2.05, 4.69) is 12.2 Å². The Kier molecular flexibility index (Phi) is 5.58. The number of morpholine rings is 1. The molecule has 4 N–H and O–H groups in total. The molecular weight excluding hydrogens is 128 g/mol. The monoisotopic (exact) mass is 146 g/mol. The third-order valence-corrected chi connectivity index (χ3v) is 1.62. The Balaban J connectivity index is 0.000000810. The molecule has 0 radical (unpaired) electrons. The Morgan fingerprint density at radius 3 is 2.90 bits per heavy atom. The van der Waals surface area contributed by atoms with Gasteiger partial charge in [-0.3, -0.25) is 0 Å². The smallest absolute Gasteiger partial charge is 0.0700 e. The summed E-state index contributed by atoms with van der Waals surface area (Å²) in [5.74, 6) is 0. The van der Waals surface area contributed by atoms with E-state index < -0.39 is 0 Å². The van der Waals surface area contributed by atoms with Crippen LogP contribution in [0.15, 0.2) is 0 Å². The van der Waals surface area contributed by atoms with Gasteiger partial charge in [-0.05, 0) is 6.42 Å². The van der Waals surface area contributed by atoms with Gasteiger partial charge in [0.15, 0.2) is 0 Å². The van der Waals surface area contributed by atoms with Crippen molar-refractivity contribution in [2.45, 2.75) is 25.9 Å². The zero-order valence-electron chi connectivity index (χ0n) is 6.73. The minimum Gasteiger partial charge on any atom is -0.376 e. The molecule has 3 heteroatoms. The average molecular weight is 146 g/mol. The lowest BCUT2D eigenvalue weighted by Gasteiger charge is -2.22. The highest BCUT2D eigenvalue weighted by Crippen LogP contribution is 2.02. The van der Waals surface area contributed by atoms with Crippen molar-refractivity contribution in [2.24, 2.45) is 0 Å². The molecule has 1 fully saturated rings. The lowest BCUT2D eigenvalue weighted by atomic mass is 10.2. The maximum atomic E-state index is 5.46. The maximum Gasteiger partial charge on any atom is 0.0700 e. The summed E-state index contributed by atoms with van der Waals surface area (Å²) in [4.78, 5) is 0. The normalized spacial score (nSPS) is 25.5. The first-order chi connectivity index (χ1) is 4.43. The van der Waals surface area contributed by atoms with Crippen molar-refractivity contribution in [1.82, 2.24) is 11.5 Å².